The van der Waals surface area contributed by atoms with Crippen LogP contribution >= 0.6 is 0 Å². The number of nitrogens with zero attached hydrogens (tertiary/aromatic N) is 1. The minimum atomic E-state index is -2.92. The van der Waals surface area contributed by atoms with Crippen molar-refractivity contribution in [3.05, 3.63) is 23.3 Å². The van der Waals surface area contributed by atoms with Gasteiger partial charge in [0.05, 0.1) is 24.9 Å². The van der Waals surface area contributed by atoms with E-state index < -0.39 is 29.6 Å². The standard InChI is InChI=1S/C9H9F3N2O2/c1-16-6(15)3-4-2-5(8(10)11)7(13)9(12)14-4/h2,8H,3,13H2,1H3. The van der Waals surface area contributed by atoms with Gasteiger partial charge in [0, 0.05) is 5.56 Å². The molecular weight excluding hydrogens is 225 g/mol. The van der Waals surface area contributed by atoms with E-state index in [9.17, 15) is 18.0 Å². The first-order chi connectivity index (χ1) is 7.45. The van der Waals surface area contributed by atoms with Gasteiger partial charge in [-0.05, 0) is 6.07 Å². The second-order valence-corrected chi connectivity index (χ2v) is 2.96. The molecule has 0 bridgehead atoms. The summed E-state index contributed by atoms with van der Waals surface area (Å²) in [5.41, 5.74) is 3.56. The second-order valence-electron chi connectivity index (χ2n) is 2.96. The third kappa shape index (κ3) is 2.62. The topological polar surface area (TPSA) is 65.2 Å². The van der Waals surface area contributed by atoms with Crippen LogP contribution in [0.5, 0.6) is 0 Å². The Kier molecular flexibility index (Phi) is 3.70. The lowest BCUT2D eigenvalue weighted by Gasteiger charge is -2.07. The van der Waals surface area contributed by atoms with Crippen LogP contribution in [0.1, 0.15) is 17.7 Å². The number of hydrogen-bond donors (Lipinski definition) is 1. The smallest absolute Gasteiger partial charge is 0.311 e. The van der Waals surface area contributed by atoms with E-state index in [1.165, 1.54) is 0 Å². The average Bonchev–Trinajstić information content (AvgIpc) is 2.22. The van der Waals surface area contributed by atoms with Gasteiger partial charge in [-0.3, -0.25) is 4.79 Å². The molecule has 1 heterocycles. The Morgan fingerprint density at radius 3 is 2.75 bits per heavy atom. The number of nitrogens with two attached hydrogens (primary N) is 1. The maximum Gasteiger partial charge on any atom is 0.311 e. The molecule has 0 saturated heterocycles. The lowest BCUT2D eigenvalue weighted by atomic mass is 10.1. The first-order valence-corrected chi connectivity index (χ1v) is 4.25. The largest absolute Gasteiger partial charge is 0.469 e. The summed E-state index contributed by atoms with van der Waals surface area (Å²) in [5, 5.41) is 0. The van der Waals surface area contributed by atoms with Crippen LogP contribution in [0.15, 0.2) is 6.07 Å². The molecule has 0 aliphatic heterocycles. The lowest BCUT2D eigenvalue weighted by molar-refractivity contribution is -0.139. The maximum absolute atomic E-state index is 13.0. The number of aromatic nitrogens is 1. The number of nitrogen functional groups attached to an aromatic ring is 1. The molecule has 1 aromatic heterocycles. The van der Waals surface area contributed by atoms with Crippen molar-refractivity contribution in [3.63, 3.8) is 0 Å². The number of anilines is 1. The number of pyridine rings is 1. The molecule has 0 aromatic carbocycles. The highest BCUT2D eigenvalue weighted by Gasteiger charge is 2.18. The maximum atomic E-state index is 13.0. The van der Waals surface area contributed by atoms with Gasteiger partial charge in [0.2, 0.25) is 5.95 Å². The zero-order valence-electron chi connectivity index (χ0n) is 8.34. The van der Waals surface area contributed by atoms with Crippen LogP contribution in [0.3, 0.4) is 0 Å². The number of esters is 1. The monoisotopic (exact) mass is 234 g/mol. The van der Waals surface area contributed by atoms with Crippen molar-refractivity contribution in [1.29, 1.82) is 0 Å². The summed E-state index contributed by atoms with van der Waals surface area (Å²) >= 11 is 0. The molecule has 16 heavy (non-hydrogen) atoms. The summed E-state index contributed by atoms with van der Waals surface area (Å²) in [6, 6.07) is 0.889. The molecule has 7 heteroatoms. The first kappa shape index (κ1) is 12.3. The van der Waals surface area contributed by atoms with Gasteiger partial charge in [0.25, 0.3) is 6.43 Å². The van der Waals surface area contributed by atoms with Crippen molar-refractivity contribution in [2.24, 2.45) is 0 Å². The van der Waals surface area contributed by atoms with Crippen LogP contribution < -0.4 is 5.73 Å². The van der Waals surface area contributed by atoms with Crippen LogP contribution in [0.25, 0.3) is 0 Å². The summed E-state index contributed by atoms with van der Waals surface area (Å²) in [4.78, 5) is 14.1. The fourth-order valence-corrected chi connectivity index (χ4v) is 1.09. The third-order valence-electron chi connectivity index (χ3n) is 1.89. The Morgan fingerprint density at radius 1 is 1.62 bits per heavy atom. The molecule has 0 amide bonds. The number of carbonyl (C=O) groups is 1. The Morgan fingerprint density at radius 2 is 2.25 bits per heavy atom. The molecule has 0 aliphatic carbocycles. The number of ether oxygens (including phenoxy) is 1. The van der Waals surface area contributed by atoms with Gasteiger partial charge in [-0.25, -0.2) is 13.8 Å². The van der Waals surface area contributed by atoms with Crippen LogP contribution in [0.4, 0.5) is 18.9 Å². The van der Waals surface area contributed by atoms with Crippen molar-refractivity contribution in [1.82, 2.24) is 4.98 Å². The molecule has 4 nitrogen and oxygen atoms in total. The highest BCUT2D eigenvalue weighted by Crippen LogP contribution is 2.26. The number of hydrogen-bond acceptors (Lipinski definition) is 4. The van der Waals surface area contributed by atoms with Crippen LogP contribution in [-0.4, -0.2) is 18.1 Å². The zero-order valence-corrected chi connectivity index (χ0v) is 8.34. The minimum absolute atomic E-state index is 0.145. The van der Waals surface area contributed by atoms with Gasteiger partial charge < -0.3 is 10.5 Å². The molecule has 1 rings (SSSR count). The van der Waals surface area contributed by atoms with Crippen molar-refractivity contribution in [2.75, 3.05) is 12.8 Å². The molecule has 2 N–H and O–H groups in total. The Bertz CT molecular complexity index is 410. The Balaban J connectivity index is 3.09. The molecule has 0 saturated carbocycles. The van der Waals surface area contributed by atoms with E-state index in [1.807, 2.05) is 0 Å². The van der Waals surface area contributed by atoms with Gasteiger partial charge in [-0.15, -0.1) is 0 Å². The van der Waals surface area contributed by atoms with Gasteiger partial charge in [-0.1, -0.05) is 0 Å². The van der Waals surface area contributed by atoms with Crippen molar-refractivity contribution >= 4 is 11.7 Å². The number of alkyl halides is 2. The Hall–Kier alpha value is -1.79. The first-order valence-electron chi connectivity index (χ1n) is 4.25. The molecule has 0 aliphatic rings. The molecule has 1 aromatic rings. The van der Waals surface area contributed by atoms with E-state index in [0.717, 1.165) is 13.2 Å². The van der Waals surface area contributed by atoms with Gasteiger partial charge in [0.1, 0.15) is 0 Å². The average molecular weight is 234 g/mol. The predicted octanol–water partition coefficient (Wildman–Crippen LogP) is 1.46. The summed E-state index contributed by atoms with van der Waals surface area (Å²) in [7, 11) is 1.13. The predicted molar refractivity (Wildman–Crippen MR) is 49.3 cm³/mol. The highest BCUT2D eigenvalue weighted by atomic mass is 19.3. The molecule has 0 unspecified atom stereocenters. The number of halogens is 3. The highest BCUT2D eigenvalue weighted by molar-refractivity contribution is 5.72. The van der Waals surface area contributed by atoms with E-state index >= 15 is 0 Å². The molecule has 0 fully saturated rings. The third-order valence-corrected chi connectivity index (χ3v) is 1.89. The fraction of sp³-hybridized carbons (Fsp3) is 0.333. The summed E-state index contributed by atoms with van der Waals surface area (Å²) in [6.45, 7) is 0. The van der Waals surface area contributed by atoms with Crippen LogP contribution in [0, 0.1) is 5.95 Å². The van der Waals surface area contributed by atoms with Gasteiger partial charge in [0.15, 0.2) is 0 Å². The summed E-state index contributed by atoms with van der Waals surface area (Å²) < 4.78 is 42.2. The van der Waals surface area contributed by atoms with Gasteiger partial charge >= 0.3 is 5.97 Å². The normalized spacial score (nSPS) is 10.6. The van der Waals surface area contributed by atoms with Crippen LogP contribution in [0.2, 0.25) is 0 Å². The number of methoxy groups -OCH3 is 1. The van der Waals surface area contributed by atoms with Crippen molar-refractivity contribution in [3.8, 4) is 0 Å². The lowest BCUT2D eigenvalue weighted by Crippen LogP contribution is -2.10. The van der Waals surface area contributed by atoms with E-state index in [2.05, 4.69) is 9.72 Å². The zero-order chi connectivity index (χ0) is 12.3. The van der Waals surface area contributed by atoms with E-state index in [0.29, 0.717) is 0 Å². The number of rotatable bonds is 3. The quantitative estimate of drug-likeness (QED) is 0.635. The van der Waals surface area contributed by atoms with Crippen LogP contribution in [-0.2, 0) is 16.0 Å². The fourth-order valence-electron chi connectivity index (χ4n) is 1.09. The summed E-state index contributed by atoms with van der Waals surface area (Å²) in [6.07, 6.45) is -3.30. The van der Waals surface area contributed by atoms with E-state index in [1.54, 1.807) is 0 Å². The molecule has 88 valence electrons. The van der Waals surface area contributed by atoms with E-state index in [4.69, 9.17) is 5.73 Å². The van der Waals surface area contributed by atoms with Crippen molar-refractivity contribution in [2.45, 2.75) is 12.8 Å². The second kappa shape index (κ2) is 4.82. The SMILES string of the molecule is COC(=O)Cc1cc(C(F)F)c(N)c(F)n1. The minimum Gasteiger partial charge on any atom is -0.469 e. The molecular formula is C9H9F3N2O2. The summed E-state index contributed by atoms with van der Waals surface area (Å²) in [5.74, 6) is -1.91. The van der Waals surface area contributed by atoms with Gasteiger partial charge in [-0.2, -0.15) is 4.39 Å². The molecule has 0 spiro atoms. The van der Waals surface area contributed by atoms with Crippen molar-refractivity contribution < 1.29 is 22.7 Å². The molecule has 0 radical (unpaired) electrons. The Labute approximate surface area is 89.2 Å². The number of carbonyl (C=O) groups excluding carboxylic acids is 1. The van der Waals surface area contributed by atoms with E-state index in [-0.39, 0.29) is 12.1 Å². The molecule has 0 atom stereocenters.